The molecule has 1 amide bonds. The predicted molar refractivity (Wildman–Crippen MR) is 119 cm³/mol. The Labute approximate surface area is 183 Å². The molecule has 0 aliphatic heterocycles. The zero-order valence-corrected chi connectivity index (χ0v) is 19.3. The average molecular weight is 452 g/mol. The summed E-state index contributed by atoms with van der Waals surface area (Å²) in [5, 5.41) is 0.605. The van der Waals surface area contributed by atoms with Crippen LogP contribution in [-0.4, -0.2) is 67.6 Å². The summed E-state index contributed by atoms with van der Waals surface area (Å²) >= 11 is 1.29. The molecule has 0 aliphatic carbocycles. The fraction of sp³-hybridized carbons (Fsp3) is 0.429. The van der Waals surface area contributed by atoms with Crippen molar-refractivity contribution in [1.82, 2.24) is 14.2 Å². The van der Waals surface area contributed by atoms with Gasteiger partial charge in [-0.25, -0.2) is 13.4 Å². The Morgan fingerprint density at radius 1 is 1.10 bits per heavy atom. The van der Waals surface area contributed by atoms with Crippen molar-refractivity contribution in [2.75, 3.05) is 39.1 Å². The molecule has 0 fully saturated rings. The van der Waals surface area contributed by atoms with Gasteiger partial charge in [0.25, 0.3) is 0 Å². The molecule has 30 heavy (non-hydrogen) atoms. The number of thioether (sulfide) groups is 1. The number of aromatic nitrogens is 1. The Morgan fingerprint density at radius 2 is 1.80 bits per heavy atom. The van der Waals surface area contributed by atoms with Gasteiger partial charge in [-0.15, -0.1) is 0 Å². The second kappa shape index (κ2) is 12.0. The van der Waals surface area contributed by atoms with Crippen molar-refractivity contribution in [2.24, 2.45) is 0 Å². The first-order valence-electron chi connectivity index (χ1n) is 9.82. The number of carbonyl (C=O) groups is 1. The highest BCUT2D eigenvalue weighted by Gasteiger charge is 2.22. The third-order valence-corrected chi connectivity index (χ3v) is 7.49. The van der Waals surface area contributed by atoms with Crippen LogP contribution in [0, 0.1) is 0 Å². The molecule has 1 heterocycles. The summed E-state index contributed by atoms with van der Waals surface area (Å²) in [4.78, 5) is 18.9. The molecule has 0 saturated carbocycles. The summed E-state index contributed by atoms with van der Waals surface area (Å²) in [7, 11) is -1.93. The highest BCUT2D eigenvalue weighted by molar-refractivity contribution is 7.99. The molecule has 0 spiro atoms. The van der Waals surface area contributed by atoms with Gasteiger partial charge in [0.15, 0.2) is 0 Å². The number of pyridine rings is 1. The minimum absolute atomic E-state index is 0.0254. The minimum atomic E-state index is -3.54. The summed E-state index contributed by atoms with van der Waals surface area (Å²) in [5.74, 6) is 0.189. The molecule has 0 bridgehead atoms. The highest BCUT2D eigenvalue weighted by atomic mass is 32.2. The lowest BCUT2D eigenvalue weighted by Crippen LogP contribution is -2.34. The van der Waals surface area contributed by atoms with E-state index < -0.39 is 10.0 Å². The lowest BCUT2D eigenvalue weighted by molar-refractivity contribution is -0.129. The van der Waals surface area contributed by atoms with Gasteiger partial charge in [0, 0.05) is 39.5 Å². The number of ether oxygens (including phenoxy) is 1. The number of rotatable bonds is 12. The van der Waals surface area contributed by atoms with Gasteiger partial charge in [-0.2, -0.15) is 4.31 Å². The van der Waals surface area contributed by atoms with Crippen LogP contribution in [0.4, 0.5) is 0 Å². The van der Waals surface area contributed by atoms with Gasteiger partial charge in [0.05, 0.1) is 17.4 Å². The Balaban J connectivity index is 2.01. The van der Waals surface area contributed by atoms with E-state index in [-0.39, 0.29) is 16.6 Å². The van der Waals surface area contributed by atoms with E-state index in [1.54, 1.807) is 38.0 Å². The average Bonchev–Trinajstić information content (AvgIpc) is 2.76. The minimum Gasteiger partial charge on any atom is -0.383 e. The Hall–Kier alpha value is -1.94. The molecular formula is C21H29N3O4S2. The molecule has 2 aromatic rings. The van der Waals surface area contributed by atoms with Crippen molar-refractivity contribution in [1.29, 1.82) is 0 Å². The van der Waals surface area contributed by atoms with Crippen LogP contribution >= 0.6 is 11.8 Å². The third-order valence-electron chi connectivity index (χ3n) is 4.53. The maximum absolute atomic E-state index is 12.7. The molecule has 2 rings (SSSR count). The number of nitrogens with zero attached hydrogens (tertiary/aromatic N) is 3. The van der Waals surface area contributed by atoms with Gasteiger partial charge in [-0.3, -0.25) is 4.79 Å². The van der Waals surface area contributed by atoms with Crippen LogP contribution < -0.4 is 0 Å². The fourth-order valence-electron chi connectivity index (χ4n) is 2.84. The van der Waals surface area contributed by atoms with Crippen LogP contribution in [0.15, 0.2) is 58.6 Å². The van der Waals surface area contributed by atoms with Crippen molar-refractivity contribution >= 4 is 27.7 Å². The maximum atomic E-state index is 12.7. The van der Waals surface area contributed by atoms with E-state index in [2.05, 4.69) is 4.98 Å². The molecule has 0 unspecified atom stereocenters. The number of methoxy groups -OCH3 is 1. The Morgan fingerprint density at radius 3 is 2.37 bits per heavy atom. The van der Waals surface area contributed by atoms with Crippen LogP contribution in [0.3, 0.4) is 0 Å². The number of benzene rings is 1. The maximum Gasteiger partial charge on any atom is 0.244 e. The SMILES string of the molecule is CCN(CC)S(=O)(=O)c1ccc(SCC(=O)N(CCOC)Cc2ccccc2)nc1. The predicted octanol–water partition coefficient (Wildman–Crippen LogP) is 2.88. The van der Waals surface area contributed by atoms with Crippen molar-refractivity contribution < 1.29 is 17.9 Å². The summed E-state index contributed by atoms with van der Waals surface area (Å²) in [6.45, 7) is 5.88. The van der Waals surface area contributed by atoms with E-state index in [0.717, 1.165) is 5.56 Å². The van der Waals surface area contributed by atoms with Crippen molar-refractivity contribution in [3.63, 3.8) is 0 Å². The van der Waals surface area contributed by atoms with E-state index in [1.807, 2.05) is 30.3 Å². The van der Waals surface area contributed by atoms with Gasteiger partial charge in [0.2, 0.25) is 15.9 Å². The first kappa shape index (κ1) is 24.3. The van der Waals surface area contributed by atoms with Crippen molar-refractivity contribution in [2.45, 2.75) is 30.3 Å². The molecule has 0 N–H and O–H groups in total. The standard InChI is InChI=1S/C21H29N3O4S2/c1-4-24(5-2)30(26,27)19-11-12-20(22-15-19)29-17-21(25)23(13-14-28-3)16-18-9-7-6-8-10-18/h6-12,15H,4-5,13-14,16-17H2,1-3H3. The summed E-state index contributed by atoms with van der Waals surface area (Å²) < 4.78 is 31.6. The van der Waals surface area contributed by atoms with Crippen LogP contribution in [0.1, 0.15) is 19.4 Å². The highest BCUT2D eigenvalue weighted by Crippen LogP contribution is 2.20. The molecule has 0 radical (unpaired) electrons. The number of hydrogen-bond donors (Lipinski definition) is 0. The molecular weight excluding hydrogens is 422 g/mol. The smallest absolute Gasteiger partial charge is 0.244 e. The van der Waals surface area contributed by atoms with E-state index >= 15 is 0 Å². The normalized spacial score (nSPS) is 11.6. The quantitative estimate of drug-likeness (QED) is 0.462. The van der Waals surface area contributed by atoms with Crippen LogP contribution in [0.25, 0.3) is 0 Å². The molecule has 7 nitrogen and oxygen atoms in total. The largest absolute Gasteiger partial charge is 0.383 e. The van der Waals surface area contributed by atoms with E-state index in [9.17, 15) is 13.2 Å². The fourth-order valence-corrected chi connectivity index (χ4v) is 4.99. The molecule has 1 aromatic heterocycles. The molecule has 9 heteroatoms. The van der Waals surface area contributed by atoms with Gasteiger partial charge >= 0.3 is 0 Å². The van der Waals surface area contributed by atoms with Crippen LogP contribution in [0.5, 0.6) is 0 Å². The zero-order chi connectivity index (χ0) is 22.0. The van der Waals surface area contributed by atoms with E-state index in [4.69, 9.17) is 4.74 Å². The number of hydrogen-bond acceptors (Lipinski definition) is 6. The van der Waals surface area contributed by atoms with Crippen molar-refractivity contribution in [3.05, 3.63) is 54.2 Å². The molecule has 0 aliphatic rings. The van der Waals surface area contributed by atoms with Crippen LogP contribution in [0.2, 0.25) is 0 Å². The van der Waals surface area contributed by atoms with Crippen LogP contribution in [-0.2, 0) is 26.1 Å². The lowest BCUT2D eigenvalue weighted by Gasteiger charge is -2.22. The first-order chi connectivity index (χ1) is 14.4. The van der Waals surface area contributed by atoms with Gasteiger partial charge in [-0.05, 0) is 17.7 Å². The lowest BCUT2D eigenvalue weighted by atomic mass is 10.2. The number of amides is 1. The third kappa shape index (κ3) is 6.80. The topological polar surface area (TPSA) is 79.8 Å². The molecule has 164 valence electrons. The van der Waals surface area contributed by atoms with E-state index in [1.165, 1.54) is 22.3 Å². The summed E-state index contributed by atoms with van der Waals surface area (Å²) in [6.07, 6.45) is 1.35. The zero-order valence-electron chi connectivity index (χ0n) is 17.7. The Kier molecular flexibility index (Phi) is 9.77. The molecule has 0 atom stereocenters. The van der Waals surface area contributed by atoms with Gasteiger partial charge in [-0.1, -0.05) is 55.9 Å². The van der Waals surface area contributed by atoms with Crippen molar-refractivity contribution in [3.8, 4) is 0 Å². The molecule has 0 saturated heterocycles. The second-order valence-electron chi connectivity index (χ2n) is 6.50. The van der Waals surface area contributed by atoms with Gasteiger partial charge < -0.3 is 9.64 Å². The first-order valence-corrected chi connectivity index (χ1v) is 12.2. The Bertz CT molecular complexity index is 886. The second-order valence-corrected chi connectivity index (χ2v) is 9.44. The number of carbonyl (C=O) groups excluding carboxylic acids is 1. The molecule has 1 aromatic carbocycles. The van der Waals surface area contributed by atoms with Gasteiger partial charge in [0.1, 0.15) is 4.90 Å². The number of sulfonamides is 1. The summed E-state index contributed by atoms with van der Waals surface area (Å²) in [6, 6.07) is 13.0. The van der Waals surface area contributed by atoms with E-state index in [0.29, 0.717) is 37.8 Å². The summed E-state index contributed by atoms with van der Waals surface area (Å²) in [5.41, 5.74) is 1.05. The monoisotopic (exact) mass is 451 g/mol.